The minimum atomic E-state index is -2.51. The summed E-state index contributed by atoms with van der Waals surface area (Å²) in [6.07, 6.45) is 4.97. The van der Waals surface area contributed by atoms with Crippen LogP contribution >= 0.6 is 18.7 Å². The molecule has 0 bridgehead atoms. The third-order valence-corrected chi connectivity index (χ3v) is 8.31. The molecule has 0 atom stereocenters. The van der Waals surface area contributed by atoms with E-state index in [1.54, 1.807) is 20.4 Å². The van der Waals surface area contributed by atoms with Gasteiger partial charge in [-0.3, -0.25) is 0 Å². The lowest BCUT2D eigenvalue weighted by Gasteiger charge is -2.52. The zero-order valence-corrected chi connectivity index (χ0v) is 22.3. The Morgan fingerprint density at radius 3 is 2.61 bits per heavy atom. The smallest absolute Gasteiger partial charge is 0.239 e. The number of ether oxygens (including phenoxy) is 2. The number of nitrogens with zero attached hydrogens (tertiary/aromatic N) is 4. The molecule has 190 valence electrons. The highest BCUT2D eigenvalue weighted by Gasteiger charge is 2.45. The van der Waals surface area contributed by atoms with Crippen molar-refractivity contribution in [3.05, 3.63) is 47.6 Å². The Labute approximate surface area is 216 Å². The van der Waals surface area contributed by atoms with Crippen molar-refractivity contribution in [1.29, 1.82) is 0 Å². The molecule has 36 heavy (non-hydrogen) atoms. The van der Waals surface area contributed by atoms with Gasteiger partial charge in [0.2, 0.25) is 11.8 Å². The summed E-state index contributed by atoms with van der Waals surface area (Å²) < 4.78 is 24.3. The Balaban J connectivity index is 1.33. The maximum absolute atomic E-state index is 12.7. The van der Waals surface area contributed by atoms with Crippen LogP contribution in [0.15, 0.2) is 42.6 Å². The number of aromatic nitrogens is 3. The fraction of sp³-hybridized carbons (Fsp3) is 0.400. The Hall–Kier alpha value is -2.87. The van der Waals surface area contributed by atoms with Crippen molar-refractivity contribution in [3.8, 4) is 5.88 Å². The normalized spacial score (nSPS) is 16.9. The van der Waals surface area contributed by atoms with E-state index in [9.17, 15) is 4.57 Å². The van der Waals surface area contributed by atoms with Crippen molar-refractivity contribution in [2.45, 2.75) is 24.9 Å². The fourth-order valence-electron chi connectivity index (χ4n) is 4.64. The molecule has 4 heterocycles. The van der Waals surface area contributed by atoms with Gasteiger partial charge in [0.15, 0.2) is 5.82 Å². The van der Waals surface area contributed by atoms with Gasteiger partial charge in [-0.1, -0.05) is 23.7 Å². The molecule has 2 aliphatic rings. The quantitative estimate of drug-likeness (QED) is 0.409. The van der Waals surface area contributed by atoms with Gasteiger partial charge in [0, 0.05) is 11.9 Å². The van der Waals surface area contributed by atoms with Gasteiger partial charge in [-0.05, 0) is 56.9 Å². The summed E-state index contributed by atoms with van der Waals surface area (Å²) in [5, 5.41) is 7.45. The molecule has 5 rings (SSSR count). The summed E-state index contributed by atoms with van der Waals surface area (Å²) in [7, 11) is -0.926. The predicted octanol–water partition coefficient (Wildman–Crippen LogP) is 5.03. The van der Waals surface area contributed by atoms with Gasteiger partial charge in [0.05, 0.1) is 32.1 Å². The Morgan fingerprint density at radius 2 is 1.89 bits per heavy atom. The molecule has 0 radical (unpaired) electrons. The highest BCUT2D eigenvalue weighted by Crippen LogP contribution is 2.40. The van der Waals surface area contributed by atoms with Crippen LogP contribution in [-0.4, -0.2) is 60.7 Å². The van der Waals surface area contributed by atoms with Crippen LogP contribution in [-0.2, 0) is 9.30 Å². The minimum absolute atomic E-state index is 0.0213. The number of pyridine rings is 1. The first kappa shape index (κ1) is 24.8. The van der Waals surface area contributed by atoms with Crippen LogP contribution in [0.3, 0.4) is 0 Å². The summed E-state index contributed by atoms with van der Waals surface area (Å²) in [5.41, 5.74) is 1.30. The van der Waals surface area contributed by atoms with Crippen LogP contribution in [0, 0.1) is 0 Å². The van der Waals surface area contributed by atoms with Gasteiger partial charge in [-0.2, -0.15) is 9.97 Å². The molecule has 0 aliphatic carbocycles. The zero-order valence-electron chi connectivity index (χ0n) is 20.6. The minimum Gasteiger partial charge on any atom is -0.479 e. The number of nitrogens with one attached hydrogen (secondary N) is 2. The van der Waals surface area contributed by atoms with Crippen molar-refractivity contribution in [2.75, 3.05) is 55.7 Å². The molecule has 1 aromatic carbocycles. The second-order valence-corrected chi connectivity index (χ2v) is 13.2. The average Bonchev–Trinajstić information content (AvgIpc) is 2.85. The van der Waals surface area contributed by atoms with E-state index in [1.807, 2.05) is 36.4 Å². The van der Waals surface area contributed by atoms with Gasteiger partial charge < -0.3 is 29.6 Å². The molecule has 0 unspecified atom stereocenters. The third-order valence-electron chi connectivity index (χ3n) is 6.48. The second kappa shape index (κ2) is 9.88. The third kappa shape index (κ3) is 5.14. The zero-order chi connectivity index (χ0) is 25.3. The van der Waals surface area contributed by atoms with Crippen LogP contribution in [0.5, 0.6) is 5.88 Å². The summed E-state index contributed by atoms with van der Waals surface area (Å²) in [6, 6.07) is 11.3. The number of hydrogen-bond acceptors (Lipinski definition) is 9. The number of benzene rings is 1. The lowest BCUT2D eigenvalue weighted by molar-refractivity contribution is -0.0951. The second-order valence-electron chi connectivity index (χ2n) is 9.58. The van der Waals surface area contributed by atoms with E-state index in [-0.39, 0.29) is 5.60 Å². The van der Waals surface area contributed by atoms with E-state index in [0.717, 1.165) is 43.7 Å². The highest BCUT2D eigenvalue weighted by atomic mass is 35.5. The summed E-state index contributed by atoms with van der Waals surface area (Å²) in [5.74, 6) is 2.00. The van der Waals surface area contributed by atoms with Crippen molar-refractivity contribution in [1.82, 2.24) is 15.0 Å². The first-order valence-electron chi connectivity index (χ1n) is 11.9. The lowest BCUT2D eigenvalue weighted by atomic mass is 9.86. The molecule has 2 aromatic heterocycles. The Bertz CT molecular complexity index is 1300. The number of halogens is 1. The SMILES string of the molecule is COc1nc(N2CC3(CCCCO3)C2)ccc1Nc1ncc(Cl)c(Nc2ccccc2P(C)(C)=O)n1. The van der Waals surface area contributed by atoms with Crippen LogP contribution < -0.4 is 25.6 Å². The fourth-order valence-corrected chi connectivity index (χ4v) is 5.93. The average molecular weight is 529 g/mol. The number of anilines is 5. The maximum Gasteiger partial charge on any atom is 0.239 e. The first-order valence-corrected chi connectivity index (χ1v) is 14.9. The number of methoxy groups -OCH3 is 1. The van der Waals surface area contributed by atoms with Gasteiger partial charge in [-0.25, -0.2) is 4.98 Å². The van der Waals surface area contributed by atoms with E-state index in [0.29, 0.717) is 34.0 Å². The van der Waals surface area contributed by atoms with Crippen LogP contribution in [0.25, 0.3) is 0 Å². The molecule has 2 saturated heterocycles. The van der Waals surface area contributed by atoms with Crippen molar-refractivity contribution < 1.29 is 14.0 Å². The molecule has 1 spiro atoms. The van der Waals surface area contributed by atoms with Gasteiger partial charge in [0.1, 0.15) is 29.3 Å². The number of para-hydroxylation sites is 1. The van der Waals surface area contributed by atoms with Crippen LogP contribution in [0.2, 0.25) is 5.02 Å². The van der Waals surface area contributed by atoms with E-state index >= 15 is 0 Å². The van der Waals surface area contributed by atoms with Gasteiger partial charge >= 0.3 is 0 Å². The summed E-state index contributed by atoms with van der Waals surface area (Å²) in [6.45, 7) is 5.98. The molecule has 0 saturated carbocycles. The monoisotopic (exact) mass is 528 g/mol. The van der Waals surface area contributed by atoms with Crippen molar-refractivity contribution in [3.63, 3.8) is 0 Å². The molecule has 11 heteroatoms. The maximum atomic E-state index is 12.7. The molecule has 0 amide bonds. The predicted molar refractivity (Wildman–Crippen MR) is 145 cm³/mol. The van der Waals surface area contributed by atoms with Gasteiger partial charge in [0.25, 0.3) is 0 Å². The molecule has 2 aliphatic heterocycles. The standard InChI is InChI=1S/C25H30ClN6O3P/c1-34-23-19(10-11-21(30-23)32-15-25(16-32)12-6-7-13-35-25)29-24-27-14-17(26)22(31-24)28-18-8-4-5-9-20(18)36(2,3)33/h4-5,8-11,14H,6-7,12-13,15-16H2,1-3H3,(H2,27,28,29,31). The van der Waals surface area contributed by atoms with Gasteiger partial charge in [-0.15, -0.1) is 0 Å². The van der Waals surface area contributed by atoms with E-state index < -0.39 is 7.14 Å². The molecule has 2 N–H and O–H groups in total. The van der Waals surface area contributed by atoms with Crippen LogP contribution in [0.4, 0.5) is 29.0 Å². The molecule has 2 fully saturated rings. The lowest BCUT2D eigenvalue weighted by Crippen LogP contribution is -2.64. The largest absolute Gasteiger partial charge is 0.479 e. The van der Waals surface area contributed by atoms with E-state index in [4.69, 9.17) is 26.1 Å². The topological polar surface area (TPSA) is 102 Å². The molecular weight excluding hydrogens is 499 g/mol. The van der Waals surface area contributed by atoms with Crippen molar-refractivity contribution >= 4 is 53.0 Å². The summed E-state index contributed by atoms with van der Waals surface area (Å²) >= 11 is 6.38. The first-order chi connectivity index (χ1) is 17.3. The van der Waals surface area contributed by atoms with E-state index in [2.05, 4.69) is 25.5 Å². The Morgan fingerprint density at radius 1 is 1.08 bits per heavy atom. The number of rotatable bonds is 7. The number of hydrogen-bond donors (Lipinski definition) is 2. The summed E-state index contributed by atoms with van der Waals surface area (Å²) in [4.78, 5) is 15.7. The molecular formula is C25H30ClN6O3P. The van der Waals surface area contributed by atoms with Crippen LogP contribution in [0.1, 0.15) is 19.3 Å². The molecule has 9 nitrogen and oxygen atoms in total. The highest BCUT2D eigenvalue weighted by molar-refractivity contribution is 7.70. The Kier molecular flexibility index (Phi) is 6.81. The molecule has 3 aromatic rings. The van der Waals surface area contributed by atoms with E-state index in [1.165, 1.54) is 12.6 Å². The van der Waals surface area contributed by atoms with Crippen molar-refractivity contribution in [2.24, 2.45) is 0 Å².